The van der Waals surface area contributed by atoms with E-state index in [1.165, 1.54) is 0 Å². The second-order valence-electron chi connectivity index (χ2n) is 6.49. The number of aromatic nitrogens is 4. The van der Waals surface area contributed by atoms with Crippen molar-refractivity contribution in [3.05, 3.63) is 34.5 Å². The summed E-state index contributed by atoms with van der Waals surface area (Å²) in [5.74, 6) is 2.28. The van der Waals surface area contributed by atoms with E-state index in [9.17, 15) is 13.2 Å². The first kappa shape index (κ1) is 24.4. The molecule has 0 fully saturated rings. The molecule has 0 aliphatic carbocycles. The van der Waals surface area contributed by atoms with Crippen LogP contribution in [0.1, 0.15) is 23.6 Å². The van der Waals surface area contributed by atoms with Crippen LogP contribution in [0.3, 0.4) is 0 Å². The zero-order valence-electron chi connectivity index (χ0n) is 16.3. The summed E-state index contributed by atoms with van der Waals surface area (Å²) in [6, 6.07) is 0.947. The molecule has 1 aliphatic heterocycles. The SMILES string of the molecule is CN=C(NCCOc1ncc(C(F)(F)F)cc1Cl)NC1CCc2nc(C)nn2C1.I. The van der Waals surface area contributed by atoms with Crippen LogP contribution < -0.4 is 15.4 Å². The van der Waals surface area contributed by atoms with Gasteiger partial charge >= 0.3 is 6.18 Å². The van der Waals surface area contributed by atoms with Crippen LogP contribution in [0.2, 0.25) is 5.02 Å². The molecule has 0 saturated heterocycles. The molecule has 2 aromatic heterocycles. The molecule has 1 atom stereocenters. The van der Waals surface area contributed by atoms with Crippen LogP contribution in [0.4, 0.5) is 13.2 Å². The Morgan fingerprint density at radius 2 is 2.20 bits per heavy atom. The molecule has 2 aromatic rings. The Labute approximate surface area is 193 Å². The average Bonchev–Trinajstić information content (AvgIpc) is 3.03. The number of ether oxygens (including phenoxy) is 1. The number of hydrogen-bond donors (Lipinski definition) is 2. The van der Waals surface area contributed by atoms with Gasteiger partial charge in [0, 0.05) is 25.7 Å². The third-order valence-electron chi connectivity index (χ3n) is 4.30. The summed E-state index contributed by atoms with van der Waals surface area (Å²) in [5, 5.41) is 10.6. The number of guanidine groups is 1. The summed E-state index contributed by atoms with van der Waals surface area (Å²) < 4.78 is 45.1. The van der Waals surface area contributed by atoms with Crippen molar-refractivity contribution in [2.24, 2.45) is 4.99 Å². The van der Waals surface area contributed by atoms with Gasteiger partial charge in [0.1, 0.15) is 23.3 Å². The van der Waals surface area contributed by atoms with Crippen molar-refractivity contribution < 1.29 is 17.9 Å². The van der Waals surface area contributed by atoms with Gasteiger partial charge in [-0.2, -0.15) is 18.3 Å². The van der Waals surface area contributed by atoms with E-state index in [1.807, 2.05) is 11.6 Å². The van der Waals surface area contributed by atoms with Crippen molar-refractivity contribution in [3.8, 4) is 5.88 Å². The molecule has 1 aliphatic rings. The third-order valence-corrected chi connectivity index (χ3v) is 4.57. The largest absolute Gasteiger partial charge is 0.475 e. The molecule has 2 N–H and O–H groups in total. The van der Waals surface area contributed by atoms with E-state index in [4.69, 9.17) is 16.3 Å². The lowest BCUT2D eigenvalue weighted by atomic mass is 10.1. The van der Waals surface area contributed by atoms with Gasteiger partial charge in [0.15, 0.2) is 5.96 Å². The van der Waals surface area contributed by atoms with Crippen LogP contribution in [0.15, 0.2) is 17.3 Å². The number of rotatable bonds is 5. The minimum Gasteiger partial charge on any atom is -0.475 e. The Morgan fingerprint density at radius 3 is 2.87 bits per heavy atom. The van der Waals surface area contributed by atoms with Gasteiger partial charge in [-0.3, -0.25) is 4.99 Å². The Balaban J connectivity index is 0.00000320. The minimum atomic E-state index is -4.50. The topological polar surface area (TPSA) is 89.2 Å². The Kier molecular flexibility index (Phi) is 8.52. The lowest BCUT2D eigenvalue weighted by molar-refractivity contribution is -0.137. The summed E-state index contributed by atoms with van der Waals surface area (Å²) >= 11 is 5.82. The molecular weight excluding hydrogens is 538 g/mol. The summed E-state index contributed by atoms with van der Waals surface area (Å²) in [7, 11) is 1.65. The fourth-order valence-electron chi connectivity index (χ4n) is 2.94. The third kappa shape index (κ3) is 6.33. The van der Waals surface area contributed by atoms with Crippen molar-refractivity contribution in [1.82, 2.24) is 30.4 Å². The van der Waals surface area contributed by atoms with E-state index in [0.717, 1.165) is 30.6 Å². The lowest BCUT2D eigenvalue weighted by Crippen LogP contribution is -2.47. The van der Waals surface area contributed by atoms with E-state index in [1.54, 1.807) is 7.05 Å². The molecule has 0 spiro atoms. The fraction of sp³-hybridized carbons (Fsp3) is 0.529. The summed E-state index contributed by atoms with van der Waals surface area (Å²) in [5.41, 5.74) is -0.921. The van der Waals surface area contributed by atoms with E-state index < -0.39 is 11.7 Å². The highest BCUT2D eigenvalue weighted by Crippen LogP contribution is 2.32. The maximum atomic E-state index is 12.6. The highest BCUT2D eigenvalue weighted by Gasteiger charge is 2.31. The van der Waals surface area contributed by atoms with Gasteiger partial charge in [0.25, 0.3) is 0 Å². The highest BCUT2D eigenvalue weighted by atomic mass is 127. The molecule has 30 heavy (non-hydrogen) atoms. The molecule has 0 saturated carbocycles. The Bertz CT molecular complexity index is 891. The van der Waals surface area contributed by atoms with Crippen molar-refractivity contribution in [2.45, 2.75) is 38.5 Å². The van der Waals surface area contributed by atoms with Crippen molar-refractivity contribution in [2.75, 3.05) is 20.2 Å². The maximum absolute atomic E-state index is 12.6. The van der Waals surface area contributed by atoms with Crippen LogP contribution in [0, 0.1) is 6.92 Å². The molecule has 0 bridgehead atoms. The second kappa shape index (κ2) is 10.5. The highest BCUT2D eigenvalue weighted by molar-refractivity contribution is 14.0. The van der Waals surface area contributed by atoms with E-state index >= 15 is 0 Å². The Morgan fingerprint density at radius 1 is 1.43 bits per heavy atom. The first-order valence-corrected chi connectivity index (χ1v) is 9.37. The standard InChI is InChI=1S/C17H21ClF3N7O.HI/c1-10-25-14-4-3-12(9-28(14)27-10)26-16(22-2)23-5-6-29-15-13(18)7-11(8-24-15)17(19,20)21;/h7-8,12H,3-6,9H2,1-2H3,(H2,22,23,26);1H. The molecule has 13 heteroatoms. The molecule has 0 aromatic carbocycles. The molecule has 0 amide bonds. The Hall–Kier alpha value is -1.83. The number of alkyl halides is 3. The molecule has 8 nitrogen and oxygen atoms in total. The summed E-state index contributed by atoms with van der Waals surface area (Å²) in [4.78, 5) is 12.2. The van der Waals surface area contributed by atoms with Gasteiger partial charge < -0.3 is 15.4 Å². The zero-order valence-corrected chi connectivity index (χ0v) is 19.4. The zero-order chi connectivity index (χ0) is 21.0. The summed E-state index contributed by atoms with van der Waals surface area (Å²) in [6.45, 7) is 3.07. The van der Waals surface area contributed by atoms with Gasteiger partial charge in [-0.05, 0) is 19.4 Å². The number of nitrogens with zero attached hydrogens (tertiary/aromatic N) is 5. The number of hydrogen-bond acceptors (Lipinski definition) is 5. The van der Waals surface area contributed by atoms with Gasteiger partial charge in [0.05, 0.1) is 18.7 Å². The van der Waals surface area contributed by atoms with Crippen molar-refractivity contribution in [1.29, 1.82) is 0 Å². The lowest BCUT2D eigenvalue weighted by Gasteiger charge is -2.25. The van der Waals surface area contributed by atoms with Crippen LogP contribution in [0.5, 0.6) is 5.88 Å². The molecular formula is C17H22ClF3IN7O. The van der Waals surface area contributed by atoms with Crippen LogP contribution in [-0.2, 0) is 19.1 Å². The van der Waals surface area contributed by atoms with Gasteiger partial charge in [-0.1, -0.05) is 11.6 Å². The van der Waals surface area contributed by atoms with Gasteiger partial charge in [-0.25, -0.2) is 14.6 Å². The first-order valence-electron chi connectivity index (χ1n) is 8.99. The monoisotopic (exact) mass is 559 g/mol. The van der Waals surface area contributed by atoms with Crippen LogP contribution in [0.25, 0.3) is 0 Å². The quantitative estimate of drug-likeness (QED) is 0.254. The molecule has 1 unspecified atom stereocenters. The molecule has 3 rings (SSSR count). The molecule has 3 heterocycles. The normalized spacial score (nSPS) is 16.5. The number of aryl methyl sites for hydroxylation is 2. The summed E-state index contributed by atoms with van der Waals surface area (Å²) in [6.07, 6.45) is -2.07. The maximum Gasteiger partial charge on any atom is 0.417 e. The number of pyridine rings is 1. The molecule has 0 radical (unpaired) electrons. The minimum absolute atomic E-state index is 0. The number of aliphatic imine (C=N–C) groups is 1. The predicted molar refractivity (Wildman–Crippen MR) is 117 cm³/mol. The van der Waals surface area contributed by atoms with Crippen LogP contribution in [-0.4, -0.2) is 51.9 Å². The molecule has 166 valence electrons. The van der Waals surface area contributed by atoms with Gasteiger partial charge in [0.2, 0.25) is 5.88 Å². The van der Waals surface area contributed by atoms with Gasteiger partial charge in [-0.15, -0.1) is 24.0 Å². The average molecular weight is 560 g/mol. The second-order valence-corrected chi connectivity index (χ2v) is 6.90. The van der Waals surface area contributed by atoms with E-state index in [2.05, 4.69) is 30.7 Å². The number of halogens is 5. The van der Waals surface area contributed by atoms with Crippen LogP contribution >= 0.6 is 35.6 Å². The van der Waals surface area contributed by atoms with E-state index in [0.29, 0.717) is 25.2 Å². The first-order chi connectivity index (χ1) is 13.8. The van der Waals surface area contributed by atoms with E-state index in [-0.39, 0.29) is 47.5 Å². The fourth-order valence-corrected chi connectivity index (χ4v) is 3.16. The smallest absolute Gasteiger partial charge is 0.417 e. The predicted octanol–water partition coefficient (Wildman–Crippen LogP) is 2.83. The van der Waals surface area contributed by atoms with Crippen molar-refractivity contribution >= 4 is 41.5 Å². The van der Waals surface area contributed by atoms with Crippen molar-refractivity contribution in [3.63, 3.8) is 0 Å². The number of nitrogens with one attached hydrogen (secondary N) is 2. The number of fused-ring (bicyclic) bond motifs is 1.